The van der Waals surface area contributed by atoms with E-state index < -0.39 is 5.97 Å². The Bertz CT molecular complexity index is 829. The van der Waals surface area contributed by atoms with Crippen molar-refractivity contribution in [3.05, 3.63) is 41.5 Å². The maximum Gasteiger partial charge on any atom is 0.337 e. The number of aryl methyl sites for hydroxylation is 2. The van der Waals surface area contributed by atoms with Crippen LogP contribution in [0.25, 0.3) is 16.9 Å². The SMILES string of the molecule is Cc1nn(C)c(C)c1-c1cn2cc(C(=O)O)ccc2n1. The average Bonchev–Trinajstić information content (AvgIpc) is 2.90. The summed E-state index contributed by atoms with van der Waals surface area (Å²) in [7, 11) is 1.89. The number of hydrogen-bond donors (Lipinski definition) is 1. The zero-order valence-corrected chi connectivity index (χ0v) is 11.5. The predicted molar refractivity (Wildman–Crippen MR) is 73.8 cm³/mol. The molecule has 20 heavy (non-hydrogen) atoms. The Labute approximate surface area is 115 Å². The molecule has 6 nitrogen and oxygen atoms in total. The molecular weight excluding hydrogens is 256 g/mol. The van der Waals surface area contributed by atoms with Gasteiger partial charge in [0.2, 0.25) is 0 Å². The first-order valence-corrected chi connectivity index (χ1v) is 6.20. The van der Waals surface area contributed by atoms with Crippen LogP contribution < -0.4 is 0 Å². The molecule has 3 heterocycles. The molecule has 0 aliphatic carbocycles. The van der Waals surface area contributed by atoms with E-state index in [1.54, 1.807) is 22.7 Å². The number of hydrogen-bond acceptors (Lipinski definition) is 3. The van der Waals surface area contributed by atoms with Crippen molar-refractivity contribution in [3.63, 3.8) is 0 Å². The van der Waals surface area contributed by atoms with Gasteiger partial charge in [-0.2, -0.15) is 5.10 Å². The van der Waals surface area contributed by atoms with Crippen LogP contribution in [0.4, 0.5) is 0 Å². The van der Waals surface area contributed by atoms with Crippen LogP contribution in [0, 0.1) is 13.8 Å². The van der Waals surface area contributed by atoms with E-state index in [-0.39, 0.29) is 5.56 Å². The molecule has 6 heteroatoms. The second-order valence-electron chi connectivity index (χ2n) is 4.78. The summed E-state index contributed by atoms with van der Waals surface area (Å²) in [5.74, 6) is -0.948. The molecule has 0 atom stereocenters. The van der Waals surface area contributed by atoms with Gasteiger partial charge in [0.05, 0.1) is 17.0 Å². The van der Waals surface area contributed by atoms with Crippen molar-refractivity contribution >= 4 is 11.6 Å². The van der Waals surface area contributed by atoms with Gasteiger partial charge in [0.15, 0.2) is 0 Å². The number of carboxylic acid groups (broad SMARTS) is 1. The van der Waals surface area contributed by atoms with Crippen LogP contribution in [0.2, 0.25) is 0 Å². The summed E-state index contributed by atoms with van der Waals surface area (Å²) in [6, 6.07) is 3.26. The van der Waals surface area contributed by atoms with Crippen LogP contribution in [-0.4, -0.2) is 30.2 Å². The quantitative estimate of drug-likeness (QED) is 0.773. The molecule has 0 unspecified atom stereocenters. The van der Waals surface area contributed by atoms with Gasteiger partial charge >= 0.3 is 5.97 Å². The molecule has 0 saturated carbocycles. The highest BCUT2D eigenvalue weighted by atomic mass is 16.4. The Kier molecular flexibility index (Phi) is 2.60. The van der Waals surface area contributed by atoms with Crippen LogP contribution in [0.5, 0.6) is 0 Å². The van der Waals surface area contributed by atoms with E-state index in [4.69, 9.17) is 5.11 Å². The standard InChI is InChI=1S/C14H14N4O2/c1-8-13(9(2)17(3)16-8)11-7-18-6-10(14(19)20)4-5-12(18)15-11/h4-7H,1-3H3,(H,19,20). The second-order valence-corrected chi connectivity index (χ2v) is 4.78. The summed E-state index contributed by atoms with van der Waals surface area (Å²) < 4.78 is 3.54. The van der Waals surface area contributed by atoms with Crippen molar-refractivity contribution in [1.29, 1.82) is 0 Å². The molecule has 3 rings (SSSR count). The van der Waals surface area contributed by atoms with E-state index >= 15 is 0 Å². The third-order valence-electron chi connectivity index (χ3n) is 3.46. The maximum absolute atomic E-state index is 11.0. The molecule has 102 valence electrons. The largest absolute Gasteiger partial charge is 0.478 e. The summed E-state index contributed by atoms with van der Waals surface area (Å²) >= 11 is 0. The Morgan fingerprint density at radius 2 is 2.00 bits per heavy atom. The highest BCUT2D eigenvalue weighted by molar-refractivity contribution is 5.87. The van der Waals surface area contributed by atoms with E-state index in [0.717, 1.165) is 22.6 Å². The topological polar surface area (TPSA) is 72.4 Å². The summed E-state index contributed by atoms with van der Waals surface area (Å²) in [6.07, 6.45) is 3.40. The van der Waals surface area contributed by atoms with Crippen molar-refractivity contribution in [1.82, 2.24) is 19.2 Å². The van der Waals surface area contributed by atoms with Crippen molar-refractivity contribution in [2.45, 2.75) is 13.8 Å². The Hall–Kier alpha value is -2.63. The molecule has 0 fully saturated rings. The average molecular weight is 270 g/mol. The number of fused-ring (bicyclic) bond motifs is 1. The number of aromatic carboxylic acids is 1. The minimum absolute atomic E-state index is 0.237. The molecule has 0 spiro atoms. The third kappa shape index (κ3) is 1.77. The van der Waals surface area contributed by atoms with E-state index in [2.05, 4.69) is 10.1 Å². The molecule has 1 N–H and O–H groups in total. The molecule has 3 aromatic heterocycles. The van der Waals surface area contributed by atoms with Gasteiger partial charge in [0, 0.05) is 30.7 Å². The maximum atomic E-state index is 11.0. The first-order chi connectivity index (χ1) is 9.47. The fourth-order valence-electron chi connectivity index (χ4n) is 2.38. The number of imidazole rings is 1. The molecule has 0 bridgehead atoms. The summed E-state index contributed by atoms with van der Waals surface area (Å²) in [4.78, 5) is 15.5. The highest BCUT2D eigenvalue weighted by Gasteiger charge is 2.15. The number of pyridine rings is 1. The predicted octanol–water partition coefficient (Wildman–Crippen LogP) is 2.05. The van der Waals surface area contributed by atoms with Crippen molar-refractivity contribution < 1.29 is 9.90 Å². The normalized spacial score (nSPS) is 11.2. The number of nitrogens with zero attached hydrogens (tertiary/aromatic N) is 4. The lowest BCUT2D eigenvalue weighted by molar-refractivity contribution is 0.0696. The second kappa shape index (κ2) is 4.19. The molecule has 3 aromatic rings. The van der Waals surface area contributed by atoms with Crippen LogP contribution in [0.3, 0.4) is 0 Å². The summed E-state index contributed by atoms with van der Waals surface area (Å²) in [5.41, 5.74) is 4.69. The lowest BCUT2D eigenvalue weighted by atomic mass is 10.1. The lowest BCUT2D eigenvalue weighted by Crippen LogP contribution is -1.97. The molecular formula is C14H14N4O2. The summed E-state index contributed by atoms with van der Waals surface area (Å²) in [6.45, 7) is 3.93. The molecule has 0 saturated heterocycles. The monoisotopic (exact) mass is 270 g/mol. The molecule has 0 radical (unpaired) electrons. The van der Waals surface area contributed by atoms with Crippen molar-refractivity contribution in [2.24, 2.45) is 7.05 Å². The number of aromatic nitrogens is 4. The van der Waals surface area contributed by atoms with Crippen molar-refractivity contribution in [3.8, 4) is 11.3 Å². The fourth-order valence-corrected chi connectivity index (χ4v) is 2.38. The summed E-state index contributed by atoms with van der Waals surface area (Å²) in [5, 5.41) is 13.4. The molecule has 0 aliphatic heterocycles. The minimum atomic E-state index is -0.948. The number of carboxylic acids is 1. The van der Waals surface area contributed by atoms with Gasteiger partial charge in [-0.05, 0) is 26.0 Å². The smallest absolute Gasteiger partial charge is 0.337 e. The van der Waals surface area contributed by atoms with Gasteiger partial charge in [-0.3, -0.25) is 4.68 Å². The molecule has 0 amide bonds. The van der Waals surface area contributed by atoms with Crippen LogP contribution in [-0.2, 0) is 7.05 Å². The first kappa shape index (κ1) is 12.4. The van der Waals surface area contributed by atoms with E-state index in [0.29, 0.717) is 5.65 Å². The number of carbonyl (C=O) groups is 1. The van der Waals surface area contributed by atoms with E-state index in [1.807, 2.05) is 31.8 Å². The minimum Gasteiger partial charge on any atom is -0.478 e. The van der Waals surface area contributed by atoms with Crippen LogP contribution in [0.1, 0.15) is 21.7 Å². The number of rotatable bonds is 2. The van der Waals surface area contributed by atoms with E-state index in [9.17, 15) is 4.79 Å². The van der Waals surface area contributed by atoms with Gasteiger partial charge in [-0.25, -0.2) is 9.78 Å². The molecule has 0 aromatic carbocycles. The lowest BCUT2D eigenvalue weighted by Gasteiger charge is -1.96. The first-order valence-electron chi connectivity index (χ1n) is 6.20. The molecule has 0 aliphatic rings. The van der Waals surface area contributed by atoms with Gasteiger partial charge in [0.1, 0.15) is 5.65 Å². The van der Waals surface area contributed by atoms with Gasteiger partial charge in [0.25, 0.3) is 0 Å². The Morgan fingerprint density at radius 3 is 2.60 bits per heavy atom. The fraction of sp³-hybridized carbons (Fsp3) is 0.214. The van der Waals surface area contributed by atoms with Gasteiger partial charge in [-0.1, -0.05) is 0 Å². The van der Waals surface area contributed by atoms with Crippen LogP contribution in [0.15, 0.2) is 24.5 Å². The Balaban J connectivity index is 2.20. The zero-order chi connectivity index (χ0) is 14.4. The van der Waals surface area contributed by atoms with Gasteiger partial charge in [-0.15, -0.1) is 0 Å². The van der Waals surface area contributed by atoms with Crippen molar-refractivity contribution in [2.75, 3.05) is 0 Å². The van der Waals surface area contributed by atoms with E-state index in [1.165, 1.54) is 0 Å². The zero-order valence-electron chi connectivity index (χ0n) is 11.5. The third-order valence-corrected chi connectivity index (χ3v) is 3.46. The van der Waals surface area contributed by atoms with Crippen LogP contribution >= 0.6 is 0 Å². The highest BCUT2D eigenvalue weighted by Crippen LogP contribution is 2.26. The Morgan fingerprint density at radius 1 is 1.25 bits per heavy atom. The van der Waals surface area contributed by atoms with Gasteiger partial charge < -0.3 is 9.51 Å².